The van der Waals surface area contributed by atoms with Gasteiger partial charge >= 0.3 is 6.18 Å². The third-order valence-electron chi connectivity index (χ3n) is 5.59. The highest BCUT2D eigenvalue weighted by molar-refractivity contribution is 5.93. The van der Waals surface area contributed by atoms with Gasteiger partial charge in [-0.15, -0.1) is 0 Å². The Kier molecular flexibility index (Phi) is 5.10. The van der Waals surface area contributed by atoms with Crippen molar-refractivity contribution in [1.29, 1.82) is 0 Å². The minimum atomic E-state index is -4.57. The lowest BCUT2D eigenvalue weighted by Gasteiger charge is -2.33. The number of hydrogen-bond donors (Lipinski definition) is 2. The number of benzene rings is 2. The lowest BCUT2D eigenvalue weighted by Crippen LogP contribution is -2.35. The number of carbonyl (C=O) groups is 1. The number of amides is 1. The molecule has 2 unspecified atom stereocenters. The van der Waals surface area contributed by atoms with Crippen LogP contribution in [0.25, 0.3) is 0 Å². The number of anilines is 1. The van der Waals surface area contributed by atoms with E-state index in [9.17, 15) is 22.4 Å². The van der Waals surface area contributed by atoms with Gasteiger partial charge in [0.05, 0.1) is 6.04 Å². The average molecular weight is 462 g/mol. The molecule has 11 heteroatoms. The highest BCUT2D eigenvalue weighted by atomic mass is 19.4. The Hall–Kier alpha value is -3.76. The number of carbonyl (C=O) groups excluding carboxylic acids is 1. The topological polar surface area (TPSA) is 77.4 Å². The van der Waals surface area contributed by atoms with E-state index in [-0.39, 0.29) is 31.3 Å². The molecule has 2 aliphatic heterocycles. The van der Waals surface area contributed by atoms with Crippen LogP contribution in [0.15, 0.2) is 48.5 Å². The summed E-state index contributed by atoms with van der Waals surface area (Å²) in [6.07, 6.45) is -4.88. The van der Waals surface area contributed by atoms with E-state index in [1.165, 1.54) is 30.3 Å². The van der Waals surface area contributed by atoms with Crippen LogP contribution in [0.4, 0.5) is 23.4 Å². The maximum absolute atomic E-state index is 13.9. The molecule has 2 aliphatic rings. The number of halogens is 4. The Morgan fingerprint density at radius 2 is 1.88 bits per heavy atom. The molecule has 7 nitrogen and oxygen atoms in total. The fourth-order valence-electron chi connectivity index (χ4n) is 3.91. The zero-order valence-electron chi connectivity index (χ0n) is 17.0. The van der Waals surface area contributed by atoms with Gasteiger partial charge < -0.3 is 20.1 Å². The largest absolute Gasteiger partial charge is 0.454 e. The van der Waals surface area contributed by atoms with Crippen molar-refractivity contribution in [2.45, 2.75) is 31.2 Å². The second-order valence-corrected chi connectivity index (χ2v) is 7.77. The van der Waals surface area contributed by atoms with Crippen LogP contribution in [0.3, 0.4) is 0 Å². The molecule has 2 atom stereocenters. The van der Waals surface area contributed by atoms with Crippen LogP contribution in [-0.2, 0) is 6.54 Å². The van der Waals surface area contributed by atoms with E-state index in [4.69, 9.17) is 9.47 Å². The summed E-state index contributed by atoms with van der Waals surface area (Å²) in [5.41, 5.74) is 1.09. The summed E-state index contributed by atoms with van der Waals surface area (Å²) in [4.78, 5) is 12.5. The molecule has 2 N–H and O–H groups in total. The molecule has 0 fully saturated rings. The molecule has 172 valence electrons. The Morgan fingerprint density at radius 3 is 2.64 bits per heavy atom. The van der Waals surface area contributed by atoms with Gasteiger partial charge in [-0.25, -0.2) is 9.07 Å². The molecular weight excluding hydrogens is 444 g/mol. The van der Waals surface area contributed by atoms with Gasteiger partial charge in [0.25, 0.3) is 5.91 Å². The lowest BCUT2D eigenvalue weighted by atomic mass is 9.96. The normalized spacial score (nSPS) is 19.0. The molecule has 0 spiro atoms. The summed E-state index contributed by atoms with van der Waals surface area (Å²) in [7, 11) is 0. The summed E-state index contributed by atoms with van der Waals surface area (Å²) in [5, 5.41) is 9.56. The first-order valence-corrected chi connectivity index (χ1v) is 10.1. The molecule has 2 aromatic carbocycles. The number of nitrogens with zero attached hydrogens (tertiary/aromatic N) is 2. The predicted molar refractivity (Wildman–Crippen MR) is 108 cm³/mol. The number of nitrogens with one attached hydrogen (secondary N) is 2. The van der Waals surface area contributed by atoms with Crippen LogP contribution >= 0.6 is 0 Å². The summed E-state index contributed by atoms with van der Waals surface area (Å²) >= 11 is 0. The van der Waals surface area contributed by atoms with E-state index < -0.39 is 30.0 Å². The minimum Gasteiger partial charge on any atom is -0.454 e. The smallest absolute Gasteiger partial charge is 0.410 e. The molecule has 0 saturated carbocycles. The van der Waals surface area contributed by atoms with Crippen molar-refractivity contribution in [3.8, 4) is 11.5 Å². The van der Waals surface area contributed by atoms with Gasteiger partial charge in [-0.3, -0.25) is 4.79 Å². The standard InChI is InChI=1S/C22H18F4N4O3/c23-14-4-1-12(2-5-14)10-27-21(31)16-9-20-28-15(8-19(22(24,25)26)30(20)29-16)13-3-6-17-18(7-13)33-11-32-17/h1-7,9,15,19,28H,8,10-11H2,(H,27,31). The maximum Gasteiger partial charge on any atom is 0.410 e. The van der Waals surface area contributed by atoms with Gasteiger partial charge in [-0.2, -0.15) is 18.3 Å². The van der Waals surface area contributed by atoms with E-state index in [2.05, 4.69) is 15.7 Å². The van der Waals surface area contributed by atoms with Crippen LogP contribution in [0, 0.1) is 5.82 Å². The lowest BCUT2D eigenvalue weighted by molar-refractivity contribution is -0.173. The predicted octanol–water partition coefficient (Wildman–Crippen LogP) is 4.34. The Morgan fingerprint density at radius 1 is 1.12 bits per heavy atom. The number of ether oxygens (including phenoxy) is 2. The first kappa shape index (κ1) is 21.1. The minimum absolute atomic E-state index is 0.0607. The molecule has 0 bridgehead atoms. The van der Waals surface area contributed by atoms with Crippen LogP contribution in [-0.4, -0.2) is 28.7 Å². The molecule has 5 rings (SSSR count). The van der Waals surface area contributed by atoms with E-state index >= 15 is 0 Å². The number of aromatic nitrogens is 2. The van der Waals surface area contributed by atoms with Crippen molar-refractivity contribution in [2.75, 3.05) is 12.1 Å². The highest BCUT2D eigenvalue weighted by Gasteiger charge is 2.47. The van der Waals surface area contributed by atoms with Crippen LogP contribution in [0.5, 0.6) is 11.5 Å². The van der Waals surface area contributed by atoms with Crippen molar-refractivity contribution < 1.29 is 31.8 Å². The van der Waals surface area contributed by atoms with E-state index in [1.807, 2.05) is 0 Å². The van der Waals surface area contributed by atoms with Gasteiger partial charge in [0.2, 0.25) is 6.79 Å². The van der Waals surface area contributed by atoms with Crippen LogP contribution in [0.2, 0.25) is 0 Å². The van der Waals surface area contributed by atoms with Crippen molar-refractivity contribution in [1.82, 2.24) is 15.1 Å². The summed E-state index contributed by atoms with van der Waals surface area (Å²) in [5.74, 6) is 0.0415. The zero-order chi connectivity index (χ0) is 23.2. The Labute approximate surface area is 185 Å². The number of hydrogen-bond acceptors (Lipinski definition) is 5. The highest BCUT2D eigenvalue weighted by Crippen LogP contribution is 2.45. The molecule has 3 aromatic rings. The first-order valence-electron chi connectivity index (χ1n) is 10.1. The van der Waals surface area contributed by atoms with Crippen LogP contribution in [0.1, 0.15) is 40.1 Å². The van der Waals surface area contributed by atoms with Gasteiger partial charge in [-0.1, -0.05) is 18.2 Å². The molecule has 33 heavy (non-hydrogen) atoms. The number of alkyl halides is 3. The van der Waals surface area contributed by atoms with Crippen molar-refractivity contribution >= 4 is 11.7 Å². The van der Waals surface area contributed by atoms with Crippen molar-refractivity contribution in [2.24, 2.45) is 0 Å². The zero-order valence-corrected chi connectivity index (χ0v) is 17.0. The van der Waals surface area contributed by atoms with Crippen molar-refractivity contribution in [3.05, 3.63) is 71.2 Å². The summed E-state index contributed by atoms with van der Waals surface area (Å²) in [6.45, 7) is 0.141. The Bertz CT molecular complexity index is 1190. The van der Waals surface area contributed by atoms with Gasteiger partial charge in [0.15, 0.2) is 23.2 Å². The van der Waals surface area contributed by atoms with Gasteiger partial charge in [-0.05, 0) is 35.4 Å². The number of rotatable bonds is 4. The Balaban J connectivity index is 1.38. The monoisotopic (exact) mass is 462 g/mol. The molecule has 1 amide bonds. The molecule has 0 aliphatic carbocycles. The first-order chi connectivity index (χ1) is 15.8. The third-order valence-corrected chi connectivity index (χ3v) is 5.59. The van der Waals surface area contributed by atoms with Gasteiger partial charge in [0.1, 0.15) is 11.6 Å². The molecule has 1 aromatic heterocycles. The molecule has 0 saturated heterocycles. The third kappa shape index (κ3) is 4.18. The quantitative estimate of drug-likeness (QED) is 0.564. The average Bonchev–Trinajstić information content (AvgIpc) is 3.43. The molecular formula is C22H18F4N4O3. The van der Waals surface area contributed by atoms with E-state index in [0.29, 0.717) is 22.6 Å². The fraction of sp³-hybridized carbons (Fsp3) is 0.273. The van der Waals surface area contributed by atoms with E-state index in [0.717, 1.165) is 4.68 Å². The second kappa shape index (κ2) is 7.98. The van der Waals surface area contributed by atoms with Gasteiger partial charge in [0, 0.05) is 19.0 Å². The van der Waals surface area contributed by atoms with Crippen LogP contribution < -0.4 is 20.1 Å². The molecule has 3 heterocycles. The molecule has 0 radical (unpaired) electrons. The van der Waals surface area contributed by atoms with Crippen molar-refractivity contribution in [3.63, 3.8) is 0 Å². The second-order valence-electron chi connectivity index (χ2n) is 7.77. The fourth-order valence-corrected chi connectivity index (χ4v) is 3.91. The summed E-state index contributed by atoms with van der Waals surface area (Å²) in [6, 6.07) is 9.20. The number of fused-ring (bicyclic) bond motifs is 2. The SMILES string of the molecule is O=C(NCc1ccc(F)cc1)c1cc2n(n1)C(C(F)(F)F)CC(c1ccc3c(c1)OCO3)N2. The summed E-state index contributed by atoms with van der Waals surface area (Å²) < 4.78 is 66.1. The maximum atomic E-state index is 13.9. The van der Waals surface area contributed by atoms with E-state index in [1.54, 1.807) is 18.2 Å².